The molecular weight excluding hydrogens is 414 g/mol. The van der Waals surface area contributed by atoms with Gasteiger partial charge in [-0.05, 0) is 66.8 Å². The molecule has 1 unspecified atom stereocenters. The molecule has 3 atom stereocenters. The first kappa shape index (κ1) is 21.9. The van der Waals surface area contributed by atoms with Gasteiger partial charge >= 0.3 is 0 Å². The van der Waals surface area contributed by atoms with E-state index in [1.807, 2.05) is 0 Å². The molecule has 1 fully saturated rings. The number of benzene rings is 2. The van der Waals surface area contributed by atoms with Crippen LogP contribution in [0.1, 0.15) is 51.1 Å². The van der Waals surface area contributed by atoms with E-state index in [4.69, 9.17) is 16.2 Å². The second kappa shape index (κ2) is 9.55. The number of ketones is 1. The Labute approximate surface area is 194 Å². The van der Waals surface area contributed by atoms with E-state index >= 15 is 0 Å². The first-order valence-corrected chi connectivity index (χ1v) is 11.8. The molecule has 0 amide bonds. The van der Waals surface area contributed by atoms with Crippen LogP contribution in [0.3, 0.4) is 0 Å². The van der Waals surface area contributed by atoms with Crippen molar-refractivity contribution in [1.82, 2.24) is 15.0 Å². The highest BCUT2D eigenvalue weighted by Crippen LogP contribution is 2.22. The van der Waals surface area contributed by atoms with Crippen LogP contribution in [0.4, 0.5) is 0 Å². The van der Waals surface area contributed by atoms with Crippen LogP contribution in [0.2, 0.25) is 0 Å². The van der Waals surface area contributed by atoms with Gasteiger partial charge in [-0.15, -0.1) is 5.10 Å². The molecule has 5 aliphatic rings. The van der Waals surface area contributed by atoms with Crippen molar-refractivity contribution in [3.05, 3.63) is 82.2 Å². The Bertz CT molecular complexity index is 1120. The van der Waals surface area contributed by atoms with Crippen molar-refractivity contribution in [2.75, 3.05) is 0 Å². The van der Waals surface area contributed by atoms with Crippen molar-refractivity contribution in [1.29, 1.82) is 0 Å². The zero-order valence-electron chi connectivity index (χ0n) is 18.8. The number of nitrogens with two attached hydrogens (primary N) is 2. The highest BCUT2D eigenvalue weighted by molar-refractivity contribution is 5.97. The molecule has 33 heavy (non-hydrogen) atoms. The molecule has 1 aromatic heterocycles. The van der Waals surface area contributed by atoms with Crippen LogP contribution in [0.5, 0.6) is 0 Å². The van der Waals surface area contributed by atoms with Crippen molar-refractivity contribution in [2.45, 2.75) is 69.9 Å². The lowest BCUT2D eigenvalue weighted by Gasteiger charge is -2.14. The van der Waals surface area contributed by atoms with E-state index in [2.05, 4.69) is 52.8 Å². The largest absolute Gasteiger partial charge is 0.370 e. The number of Topliss-reactive ketones (excluding diaryl/α,β-unsaturated/α-hetero) is 1. The fourth-order valence-corrected chi connectivity index (χ4v) is 4.87. The summed E-state index contributed by atoms with van der Waals surface area (Å²) in [5.41, 5.74) is 18.4. The Morgan fingerprint density at radius 1 is 0.970 bits per heavy atom. The van der Waals surface area contributed by atoms with Crippen molar-refractivity contribution in [2.24, 2.45) is 11.5 Å². The third-order valence-corrected chi connectivity index (χ3v) is 6.81. The zero-order valence-corrected chi connectivity index (χ0v) is 18.8. The minimum atomic E-state index is -0.0556. The number of ether oxygens (including phenoxy) is 1. The summed E-state index contributed by atoms with van der Waals surface area (Å²) in [6.07, 6.45) is 6.89. The lowest BCUT2D eigenvalue weighted by atomic mass is 9.92. The Balaban J connectivity index is 1.26. The van der Waals surface area contributed by atoms with Gasteiger partial charge in [-0.3, -0.25) is 4.79 Å². The molecule has 4 bridgehead atoms. The minimum Gasteiger partial charge on any atom is -0.370 e. The maximum absolute atomic E-state index is 13.3. The number of carbonyl (C=O) groups excluding carboxylic acids is 1. The molecule has 1 saturated carbocycles. The lowest BCUT2D eigenvalue weighted by molar-refractivity contribution is 0.0332. The summed E-state index contributed by atoms with van der Waals surface area (Å²) in [7, 11) is 0. The van der Waals surface area contributed by atoms with Gasteiger partial charge in [0.2, 0.25) is 0 Å². The second-order valence-electron chi connectivity index (χ2n) is 9.38. The van der Waals surface area contributed by atoms with E-state index in [9.17, 15) is 4.79 Å². The van der Waals surface area contributed by atoms with Gasteiger partial charge in [0, 0.05) is 17.6 Å². The van der Waals surface area contributed by atoms with Crippen LogP contribution in [-0.2, 0) is 43.6 Å². The fourth-order valence-electron chi connectivity index (χ4n) is 4.87. The van der Waals surface area contributed by atoms with Crippen LogP contribution >= 0.6 is 0 Å². The van der Waals surface area contributed by atoms with Gasteiger partial charge in [-0.25, -0.2) is 4.68 Å². The molecule has 0 spiro atoms. The first-order valence-electron chi connectivity index (χ1n) is 11.8. The van der Waals surface area contributed by atoms with Crippen LogP contribution in [0, 0.1) is 0 Å². The number of aryl methyl sites for hydroxylation is 4. The molecule has 3 aromatic rings. The Hall–Kier alpha value is -2.87. The summed E-state index contributed by atoms with van der Waals surface area (Å²) in [6, 6.07) is 15.2. The summed E-state index contributed by atoms with van der Waals surface area (Å²) in [5.74, 6) is 0.0546. The van der Waals surface area contributed by atoms with Gasteiger partial charge in [-0.1, -0.05) is 41.6 Å². The maximum atomic E-state index is 13.3. The van der Waals surface area contributed by atoms with Gasteiger partial charge in [0.15, 0.2) is 5.78 Å². The van der Waals surface area contributed by atoms with Gasteiger partial charge in [0.25, 0.3) is 0 Å². The molecule has 5 aliphatic carbocycles. The molecule has 4 N–H and O–H groups in total. The summed E-state index contributed by atoms with van der Waals surface area (Å²) >= 11 is 0. The van der Waals surface area contributed by atoms with Crippen LogP contribution < -0.4 is 11.5 Å². The molecule has 8 rings (SSSR count). The number of hydrogen-bond donors (Lipinski definition) is 2. The van der Waals surface area contributed by atoms with Crippen molar-refractivity contribution in [3.63, 3.8) is 0 Å². The molecule has 0 saturated heterocycles. The summed E-state index contributed by atoms with van der Waals surface area (Å²) < 4.78 is 7.50. The van der Waals surface area contributed by atoms with Gasteiger partial charge in [-0.2, -0.15) is 0 Å². The first-order chi connectivity index (χ1) is 16.0. The molecule has 172 valence electrons. The molecule has 0 radical (unpaired) electrons. The minimum absolute atomic E-state index is 0.0413. The summed E-state index contributed by atoms with van der Waals surface area (Å²) in [6.45, 7) is 0.476. The number of rotatable bonds is 6. The molecule has 1 heterocycles. The number of aromatic nitrogens is 3. The maximum Gasteiger partial charge on any atom is 0.184 e. The summed E-state index contributed by atoms with van der Waals surface area (Å²) in [5, 5.41) is 8.32. The quantitative estimate of drug-likeness (QED) is 0.564. The SMILES string of the molecule is N[C@@H]1CC(OCc2cn(CC(=O)c3cc4ccc3CCc3ccc(cc3)CC4)nn2)[C@H](N)C1. The predicted molar refractivity (Wildman–Crippen MR) is 126 cm³/mol. The number of hydrogen-bond acceptors (Lipinski definition) is 6. The Morgan fingerprint density at radius 3 is 2.39 bits per heavy atom. The predicted octanol–water partition coefficient (Wildman–Crippen LogP) is 2.38. The van der Waals surface area contributed by atoms with Crippen molar-refractivity contribution in [3.8, 4) is 0 Å². The highest BCUT2D eigenvalue weighted by Gasteiger charge is 2.30. The van der Waals surface area contributed by atoms with E-state index in [1.165, 1.54) is 16.7 Å². The van der Waals surface area contributed by atoms with Crippen LogP contribution in [-0.4, -0.2) is 39.0 Å². The normalized spacial score (nSPS) is 22.3. The van der Waals surface area contributed by atoms with Crippen LogP contribution in [0.25, 0.3) is 0 Å². The monoisotopic (exact) mass is 445 g/mol. The topological polar surface area (TPSA) is 109 Å². The van der Waals surface area contributed by atoms with E-state index in [0.29, 0.717) is 12.3 Å². The summed E-state index contributed by atoms with van der Waals surface area (Å²) in [4.78, 5) is 13.3. The average molecular weight is 446 g/mol. The molecule has 2 aromatic carbocycles. The van der Waals surface area contributed by atoms with Gasteiger partial charge < -0.3 is 16.2 Å². The third-order valence-electron chi connectivity index (χ3n) is 6.81. The van der Waals surface area contributed by atoms with E-state index in [1.54, 1.807) is 10.9 Å². The zero-order chi connectivity index (χ0) is 22.8. The average Bonchev–Trinajstić information content (AvgIpc) is 3.38. The van der Waals surface area contributed by atoms with Gasteiger partial charge in [0.1, 0.15) is 12.2 Å². The van der Waals surface area contributed by atoms with Crippen molar-refractivity contribution < 1.29 is 9.53 Å². The Kier molecular flexibility index (Phi) is 6.35. The number of carbonyl (C=O) groups is 1. The standard InChI is InChI=1S/C26H31N5O2/c27-21-12-24(28)26(13-21)33-16-22-14-31(30-29-22)15-25(32)23-11-19-6-5-17-1-3-18(4-2-17)7-9-20(23)10-8-19/h1-4,8,10-11,14,21,24,26H,5-7,9,12-13,15-16,27-28H2/t21-,24+,26?/m0/s1. The second-order valence-corrected chi connectivity index (χ2v) is 9.38. The molecule has 0 aliphatic heterocycles. The fraction of sp³-hybridized carbons (Fsp3) is 0.423. The van der Waals surface area contributed by atoms with E-state index < -0.39 is 0 Å². The molecular formula is C26H31N5O2. The van der Waals surface area contributed by atoms with Gasteiger partial charge in [0.05, 0.1) is 18.9 Å². The van der Waals surface area contributed by atoms with E-state index in [0.717, 1.165) is 49.7 Å². The van der Waals surface area contributed by atoms with E-state index in [-0.39, 0.29) is 30.5 Å². The lowest BCUT2D eigenvalue weighted by Crippen LogP contribution is -2.31. The smallest absolute Gasteiger partial charge is 0.184 e. The van der Waals surface area contributed by atoms with Crippen molar-refractivity contribution >= 4 is 5.78 Å². The highest BCUT2D eigenvalue weighted by atomic mass is 16.5. The number of nitrogens with zero attached hydrogens (tertiary/aromatic N) is 3. The van der Waals surface area contributed by atoms with Crippen LogP contribution in [0.15, 0.2) is 48.7 Å². The Morgan fingerprint density at radius 2 is 1.67 bits per heavy atom. The molecule has 7 nitrogen and oxygen atoms in total. The molecule has 7 heteroatoms. The third kappa shape index (κ3) is 5.21.